The van der Waals surface area contributed by atoms with Gasteiger partial charge in [0.2, 0.25) is 0 Å². The van der Waals surface area contributed by atoms with E-state index in [9.17, 15) is 4.48 Å². The fraction of sp³-hybridized carbons (Fsp3) is 0.500. The van der Waals surface area contributed by atoms with Gasteiger partial charge in [-0.15, -0.1) is 4.48 Å². The first kappa shape index (κ1) is 12.8. The molecule has 5 heteroatoms. The highest BCUT2D eigenvalue weighted by Crippen LogP contribution is 2.15. The van der Waals surface area contributed by atoms with E-state index in [2.05, 4.69) is 11.9 Å². The number of hydrazine groups is 1. The number of piperazine rings is 1. The zero-order valence-corrected chi connectivity index (χ0v) is 10.7. The van der Waals surface area contributed by atoms with Crippen LogP contribution in [0, 0.1) is 0 Å². The number of hydrogen-bond donors (Lipinski definition) is 0. The maximum atomic E-state index is 13.9. The van der Waals surface area contributed by atoms with Crippen LogP contribution < -0.4 is 0 Å². The quantitative estimate of drug-likeness (QED) is 0.769. The molecule has 0 radical (unpaired) electrons. The Balaban J connectivity index is 1.90. The molecule has 94 valence electrons. The van der Waals surface area contributed by atoms with Gasteiger partial charge in [0.25, 0.3) is 0 Å². The molecule has 0 atom stereocenters. The van der Waals surface area contributed by atoms with Crippen molar-refractivity contribution in [2.24, 2.45) is 0 Å². The number of hydrogen-bond acceptors (Lipinski definition) is 3. The number of likely N-dealkylation sites (N-methyl/N-ethyl adjacent to an activating group) is 1. The third kappa shape index (κ3) is 3.64. The van der Waals surface area contributed by atoms with Gasteiger partial charge in [-0.05, 0) is 24.7 Å². The van der Waals surface area contributed by atoms with Gasteiger partial charge in [0, 0.05) is 31.2 Å². The van der Waals surface area contributed by atoms with Gasteiger partial charge < -0.3 is 4.90 Å². The number of halogens is 2. The Morgan fingerprint density at radius 3 is 2.65 bits per heavy atom. The van der Waals surface area contributed by atoms with Crippen LogP contribution in [0.3, 0.4) is 0 Å². The Morgan fingerprint density at radius 2 is 2.00 bits per heavy atom. The van der Waals surface area contributed by atoms with Crippen molar-refractivity contribution in [3.05, 3.63) is 34.9 Å². The summed E-state index contributed by atoms with van der Waals surface area (Å²) in [5, 5.41) is 3.17. The molecule has 0 amide bonds. The average molecular weight is 258 g/mol. The average Bonchev–Trinajstić information content (AvgIpc) is 2.29. The van der Waals surface area contributed by atoms with Crippen LogP contribution in [0.5, 0.6) is 0 Å². The predicted octanol–water partition coefficient (Wildman–Crippen LogP) is 2.19. The molecule has 0 aliphatic carbocycles. The summed E-state index contributed by atoms with van der Waals surface area (Å²) in [6.07, 6.45) is 0. The summed E-state index contributed by atoms with van der Waals surface area (Å²) >= 11 is 5.87. The van der Waals surface area contributed by atoms with Crippen molar-refractivity contribution in [1.29, 1.82) is 0 Å². The molecule has 1 heterocycles. The fourth-order valence-electron chi connectivity index (χ4n) is 1.90. The van der Waals surface area contributed by atoms with Crippen LogP contribution in [0.15, 0.2) is 24.3 Å². The first-order valence-electron chi connectivity index (χ1n) is 5.76. The normalized spacial score (nSPS) is 18.8. The Labute approximate surface area is 106 Å². The zero-order valence-electron chi connectivity index (χ0n) is 9.94. The molecule has 1 aromatic carbocycles. The van der Waals surface area contributed by atoms with E-state index in [4.69, 9.17) is 11.6 Å². The molecule has 0 spiro atoms. The van der Waals surface area contributed by atoms with E-state index in [1.807, 2.05) is 12.1 Å². The predicted molar refractivity (Wildman–Crippen MR) is 67.2 cm³/mol. The maximum Gasteiger partial charge on any atom is 0.0706 e. The van der Waals surface area contributed by atoms with Gasteiger partial charge in [0.1, 0.15) is 0 Å². The largest absolute Gasteiger partial charge is 0.304 e. The van der Waals surface area contributed by atoms with E-state index in [0.717, 1.165) is 37.0 Å². The van der Waals surface area contributed by atoms with Crippen molar-refractivity contribution in [3.8, 4) is 0 Å². The standard InChI is InChI=1S/C12H17ClFN3/c1-15-5-7-16(8-6-15)17(14)10-11-3-2-4-12(13)9-11/h2-4,9H,5-8,10H2,1H3. The van der Waals surface area contributed by atoms with Crippen LogP contribution in [-0.2, 0) is 6.54 Å². The highest BCUT2D eigenvalue weighted by atomic mass is 35.5. The molecule has 0 unspecified atom stereocenters. The zero-order chi connectivity index (χ0) is 12.3. The van der Waals surface area contributed by atoms with Crippen molar-refractivity contribution in [3.63, 3.8) is 0 Å². The molecule has 1 saturated heterocycles. The molecule has 1 aliphatic rings. The maximum absolute atomic E-state index is 13.9. The smallest absolute Gasteiger partial charge is 0.0706 e. The highest BCUT2D eigenvalue weighted by Gasteiger charge is 2.20. The Hall–Kier alpha value is -0.680. The number of nitrogens with zero attached hydrogens (tertiary/aromatic N) is 3. The van der Waals surface area contributed by atoms with Crippen molar-refractivity contribution in [2.75, 3.05) is 33.2 Å². The molecule has 0 aromatic heterocycles. The van der Waals surface area contributed by atoms with Gasteiger partial charge in [-0.3, -0.25) is 0 Å². The SMILES string of the molecule is CN1CCN(N(F)Cc2cccc(Cl)c2)CC1. The molecule has 1 aromatic rings. The minimum absolute atomic E-state index is 0.254. The molecule has 1 fully saturated rings. The monoisotopic (exact) mass is 257 g/mol. The van der Waals surface area contributed by atoms with Crippen LogP contribution >= 0.6 is 11.6 Å². The van der Waals surface area contributed by atoms with E-state index in [-0.39, 0.29) is 6.54 Å². The van der Waals surface area contributed by atoms with Gasteiger partial charge in [-0.1, -0.05) is 29.0 Å². The summed E-state index contributed by atoms with van der Waals surface area (Å²) in [7, 11) is 2.05. The number of rotatable bonds is 3. The first-order valence-corrected chi connectivity index (χ1v) is 6.14. The molecule has 3 nitrogen and oxygen atoms in total. The van der Waals surface area contributed by atoms with Gasteiger partial charge in [0.05, 0.1) is 6.54 Å². The number of benzene rings is 1. The minimum atomic E-state index is 0.254. The van der Waals surface area contributed by atoms with Crippen molar-refractivity contribution in [1.82, 2.24) is 15.1 Å². The van der Waals surface area contributed by atoms with Crippen molar-refractivity contribution in [2.45, 2.75) is 6.54 Å². The van der Waals surface area contributed by atoms with Crippen LogP contribution in [0.2, 0.25) is 5.02 Å². The minimum Gasteiger partial charge on any atom is -0.304 e. The second-order valence-electron chi connectivity index (χ2n) is 4.38. The van der Waals surface area contributed by atoms with E-state index >= 15 is 0 Å². The third-order valence-corrected chi connectivity index (χ3v) is 3.22. The van der Waals surface area contributed by atoms with Gasteiger partial charge in [0.15, 0.2) is 0 Å². The summed E-state index contributed by atoms with van der Waals surface area (Å²) in [5.74, 6) is 0. The lowest BCUT2D eigenvalue weighted by atomic mass is 10.2. The topological polar surface area (TPSA) is 9.72 Å². The highest BCUT2D eigenvalue weighted by molar-refractivity contribution is 6.30. The molecule has 0 bridgehead atoms. The Bertz CT molecular complexity index is 367. The summed E-state index contributed by atoms with van der Waals surface area (Å²) in [5.41, 5.74) is 0.888. The molecule has 0 saturated carbocycles. The van der Waals surface area contributed by atoms with E-state index in [1.165, 1.54) is 0 Å². The van der Waals surface area contributed by atoms with E-state index in [1.54, 1.807) is 17.1 Å². The van der Waals surface area contributed by atoms with Crippen LogP contribution in [-0.4, -0.2) is 48.4 Å². The molecule has 2 rings (SSSR count). The third-order valence-electron chi connectivity index (χ3n) is 2.99. The lowest BCUT2D eigenvalue weighted by Gasteiger charge is -2.35. The summed E-state index contributed by atoms with van der Waals surface area (Å²) < 4.78 is 13.9. The molecular weight excluding hydrogens is 241 g/mol. The molecule has 0 N–H and O–H groups in total. The van der Waals surface area contributed by atoms with Crippen molar-refractivity contribution >= 4 is 11.6 Å². The Kier molecular flexibility index (Phi) is 4.34. The van der Waals surface area contributed by atoms with E-state index < -0.39 is 0 Å². The summed E-state index contributed by atoms with van der Waals surface area (Å²) in [6.45, 7) is 3.51. The molecule has 17 heavy (non-hydrogen) atoms. The second-order valence-corrected chi connectivity index (χ2v) is 4.82. The van der Waals surface area contributed by atoms with Crippen LogP contribution in [0.1, 0.15) is 5.56 Å². The first-order chi connectivity index (χ1) is 8.15. The van der Waals surface area contributed by atoms with Crippen LogP contribution in [0.25, 0.3) is 0 Å². The molecule has 1 aliphatic heterocycles. The van der Waals surface area contributed by atoms with E-state index in [0.29, 0.717) is 5.02 Å². The summed E-state index contributed by atoms with van der Waals surface area (Å²) in [6, 6.07) is 7.32. The van der Waals surface area contributed by atoms with Gasteiger partial charge in [-0.2, -0.15) is 0 Å². The lowest BCUT2D eigenvalue weighted by molar-refractivity contribution is -0.191. The van der Waals surface area contributed by atoms with Crippen molar-refractivity contribution < 1.29 is 4.48 Å². The fourth-order valence-corrected chi connectivity index (χ4v) is 2.11. The Morgan fingerprint density at radius 1 is 1.29 bits per heavy atom. The second kappa shape index (κ2) is 5.78. The summed E-state index contributed by atoms with van der Waals surface area (Å²) in [4.78, 5) is 2.20. The van der Waals surface area contributed by atoms with Gasteiger partial charge in [-0.25, -0.2) is 5.01 Å². The molecular formula is C12H17ClFN3. The lowest BCUT2D eigenvalue weighted by Crippen LogP contribution is -2.49. The van der Waals surface area contributed by atoms with Crippen LogP contribution in [0.4, 0.5) is 4.48 Å². The van der Waals surface area contributed by atoms with Gasteiger partial charge >= 0.3 is 0 Å².